The summed E-state index contributed by atoms with van der Waals surface area (Å²) in [4.78, 5) is 2.34. The van der Waals surface area contributed by atoms with Crippen LogP contribution in [-0.2, 0) is 12.8 Å². The molecule has 0 saturated heterocycles. The van der Waals surface area contributed by atoms with Gasteiger partial charge in [-0.05, 0) is 89.5 Å². The van der Waals surface area contributed by atoms with Crippen molar-refractivity contribution in [3.63, 3.8) is 0 Å². The van der Waals surface area contributed by atoms with Gasteiger partial charge in [-0.1, -0.05) is 90.5 Å². The van der Waals surface area contributed by atoms with Gasteiger partial charge in [-0.15, -0.1) is 0 Å². The largest absolute Gasteiger partial charge is 0.310 e. The molecule has 164 valence electrons. The van der Waals surface area contributed by atoms with E-state index in [1.165, 1.54) is 51.8 Å². The van der Waals surface area contributed by atoms with Gasteiger partial charge < -0.3 is 4.90 Å². The Balaban J connectivity index is 1.40. The molecule has 1 aliphatic carbocycles. The Hall–Kier alpha value is -4.10. The first-order valence-electron chi connectivity index (χ1n) is 12.0. The number of hydrogen-bond donors (Lipinski definition) is 0. The first-order chi connectivity index (χ1) is 16.7. The number of fused-ring (bicyclic) bond motifs is 1. The monoisotopic (exact) mass is 437 g/mol. The summed E-state index contributed by atoms with van der Waals surface area (Å²) >= 11 is 0. The SMILES string of the molecule is Cc1ccc(-c2ccc(N(c3ccccc3)c3cccc(-c4ccc5c(c4)CC5)c3)cc2)cc1. The molecule has 34 heavy (non-hydrogen) atoms. The van der Waals surface area contributed by atoms with Gasteiger partial charge in [0, 0.05) is 17.1 Å². The minimum absolute atomic E-state index is 1.15. The van der Waals surface area contributed by atoms with Crippen LogP contribution >= 0.6 is 0 Å². The van der Waals surface area contributed by atoms with E-state index < -0.39 is 0 Å². The summed E-state index contributed by atoms with van der Waals surface area (Å²) in [7, 11) is 0. The Morgan fingerprint density at radius 1 is 0.441 bits per heavy atom. The summed E-state index contributed by atoms with van der Waals surface area (Å²) in [6, 6.07) is 44.0. The zero-order valence-electron chi connectivity index (χ0n) is 19.4. The second-order valence-electron chi connectivity index (χ2n) is 9.12. The lowest BCUT2D eigenvalue weighted by Gasteiger charge is -2.26. The fourth-order valence-corrected chi connectivity index (χ4v) is 4.77. The molecule has 6 rings (SSSR count). The molecule has 0 N–H and O–H groups in total. The van der Waals surface area contributed by atoms with Crippen LogP contribution in [0.1, 0.15) is 16.7 Å². The Labute approximate surface area is 202 Å². The van der Waals surface area contributed by atoms with Gasteiger partial charge in [0.2, 0.25) is 0 Å². The average Bonchev–Trinajstić information content (AvgIpc) is 2.87. The summed E-state index contributed by atoms with van der Waals surface area (Å²) in [5.41, 5.74) is 12.8. The third-order valence-electron chi connectivity index (χ3n) is 6.83. The normalized spacial score (nSPS) is 12.0. The first kappa shape index (κ1) is 20.5. The number of anilines is 3. The van der Waals surface area contributed by atoms with E-state index in [0.29, 0.717) is 0 Å². The molecule has 1 nitrogen and oxygen atoms in total. The molecule has 0 saturated carbocycles. The van der Waals surface area contributed by atoms with Crippen molar-refractivity contribution in [2.45, 2.75) is 19.8 Å². The van der Waals surface area contributed by atoms with E-state index in [4.69, 9.17) is 0 Å². The molecule has 0 aliphatic heterocycles. The van der Waals surface area contributed by atoms with Gasteiger partial charge in [0.1, 0.15) is 0 Å². The summed E-state index contributed by atoms with van der Waals surface area (Å²) in [5, 5.41) is 0. The van der Waals surface area contributed by atoms with Gasteiger partial charge in [0.05, 0.1) is 0 Å². The molecule has 0 fully saturated rings. The second-order valence-corrected chi connectivity index (χ2v) is 9.12. The maximum Gasteiger partial charge on any atom is 0.0467 e. The highest BCUT2D eigenvalue weighted by molar-refractivity contribution is 5.81. The molecule has 0 heterocycles. The quantitative estimate of drug-likeness (QED) is 0.265. The van der Waals surface area contributed by atoms with Gasteiger partial charge >= 0.3 is 0 Å². The zero-order valence-corrected chi connectivity index (χ0v) is 19.4. The highest BCUT2D eigenvalue weighted by Crippen LogP contribution is 2.38. The summed E-state index contributed by atoms with van der Waals surface area (Å²) in [6.45, 7) is 2.12. The lowest BCUT2D eigenvalue weighted by Crippen LogP contribution is -2.10. The molecule has 0 aromatic heterocycles. The van der Waals surface area contributed by atoms with E-state index in [2.05, 4.69) is 133 Å². The third kappa shape index (κ3) is 3.91. The average molecular weight is 438 g/mol. The van der Waals surface area contributed by atoms with Crippen LogP contribution in [0.2, 0.25) is 0 Å². The van der Waals surface area contributed by atoms with Gasteiger partial charge in [-0.25, -0.2) is 0 Å². The summed E-state index contributed by atoms with van der Waals surface area (Å²) < 4.78 is 0. The smallest absolute Gasteiger partial charge is 0.0467 e. The molecule has 0 unspecified atom stereocenters. The Morgan fingerprint density at radius 3 is 1.71 bits per heavy atom. The Morgan fingerprint density at radius 2 is 1.03 bits per heavy atom. The van der Waals surface area contributed by atoms with E-state index in [9.17, 15) is 0 Å². The highest BCUT2D eigenvalue weighted by Gasteiger charge is 2.16. The van der Waals surface area contributed by atoms with Crippen molar-refractivity contribution in [1.82, 2.24) is 0 Å². The predicted molar refractivity (Wildman–Crippen MR) is 144 cm³/mol. The van der Waals surface area contributed by atoms with Gasteiger partial charge in [0.25, 0.3) is 0 Å². The summed E-state index contributed by atoms with van der Waals surface area (Å²) in [5.74, 6) is 0. The van der Waals surface area contributed by atoms with E-state index in [-0.39, 0.29) is 0 Å². The Kier molecular flexibility index (Phi) is 5.24. The first-order valence-corrected chi connectivity index (χ1v) is 12.0. The van der Waals surface area contributed by atoms with Crippen LogP contribution in [0.25, 0.3) is 22.3 Å². The van der Waals surface area contributed by atoms with Gasteiger partial charge in [-0.3, -0.25) is 0 Å². The fraction of sp³-hybridized carbons (Fsp3) is 0.0909. The molecule has 0 spiro atoms. The van der Waals surface area contributed by atoms with E-state index >= 15 is 0 Å². The molecular weight excluding hydrogens is 410 g/mol. The van der Waals surface area contributed by atoms with Crippen molar-refractivity contribution in [2.75, 3.05) is 4.90 Å². The minimum Gasteiger partial charge on any atom is -0.310 e. The standard InChI is InChI=1S/C33H27N/c1-24-10-12-25(13-11-24)26-18-20-32(21-19-26)34(31-7-3-2-4-8-31)33-9-5-6-28(23-33)30-17-15-27-14-16-29(27)22-30/h2-13,15,17-23H,14,16H2,1H3. The van der Waals surface area contributed by atoms with Crippen molar-refractivity contribution < 1.29 is 0 Å². The molecule has 0 amide bonds. The van der Waals surface area contributed by atoms with Crippen LogP contribution in [0.15, 0.2) is 121 Å². The van der Waals surface area contributed by atoms with Crippen molar-refractivity contribution in [2.24, 2.45) is 0 Å². The zero-order chi connectivity index (χ0) is 22.9. The number of para-hydroxylation sites is 1. The molecule has 5 aromatic rings. The lowest BCUT2D eigenvalue weighted by atomic mass is 9.86. The van der Waals surface area contributed by atoms with E-state index in [1.807, 2.05) is 0 Å². The van der Waals surface area contributed by atoms with Crippen molar-refractivity contribution in [3.05, 3.63) is 138 Å². The molecular formula is C33H27N. The van der Waals surface area contributed by atoms with Crippen LogP contribution in [0.5, 0.6) is 0 Å². The fourth-order valence-electron chi connectivity index (χ4n) is 4.77. The van der Waals surface area contributed by atoms with Crippen molar-refractivity contribution >= 4 is 17.1 Å². The van der Waals surface area contributed by atoms with Gasteiger partial charge in [0.15, 0.2) is 0 Å². The van der Waals surface area contributed by atoms with Crippen LogP contribution in [-0.4, -0.2) is 0 Å². The second kappa shape index (κ2) is 8.68. The highest BCUT2D eigenvalue weighted by atomic mass is 15.1. The topological polar surface area (TPSA) is 3.24 Å². The van der Waals surface area contributed by atoms with Gasteiger partial charge in [-0.2, -0.15) is 0 Å². The van der Waals surface area contributed by atoms with E-state index in [0.717, 1.165) is 17.1 Å². The third-order valence-corrected chi connectivity index (χ3v) is 6.83. The number of hydrogen-bond acceptors (Lipinski definition) is 1. The number of rotatable bonds is 5. The van der Waals surface area contributed by atoms with Crippen molar-refractivity contribution in [1.29, 1.82) is 0 Å². The van der Waals surface area contributed by atoms with Crippen molar-refractivity contribution in [3.8, 4) is 22.3 Å². The van der Waals surface area contributed by atoms with Crippen LogP contribution in [0.4, 0.5) is 17.1 Å². The maximum atomic E-state index is 2.36. The molecule has 1 aliphatic rings. The van der Waals surface area contributed by atoms with E-state index in [1.54, 1.807) is 0 Å². The lowest BCUT2D eigenvalue weighted by molar-refractivity contribution is 0.840. The number of nitrogens with zero attached hydrogens (tertiary/aromatic N) is 1. The molecule has 0 atom stereocenters. The van der Waals surface area contributed by atoms with Crippen LogP contribution in [0, 0.1) is 6.92 Å². The number of aryl methyl sites for hydroxylation is 3. The predicted octanol–water partition coefficient (Wildman–Crippen LogP) is 8.90. The molecule has 0 bridgehead atoms. The molecule has 5 aromatic carbocycles. The molecule has 0 radical (unpaired) electrons. The number of benzene rings is 5. The maximum absolute atomic E-state index is 2.36. The minimum atomic E-state index is 1.15. The summed E-state index contributed by atoms with van der Waals surface area (Å²) in [6.07, 6.45) is 2.42. The Bertz CT molecular complexity index is 1430. The van der Waals surface area contributed by atoms with Crippen LogP contribution in [0.3, 0.4) is 0 Å². The van der Waals surface area contributed by atoms with Crippen LogP contribution < -0.4 is 4.90 Å². The molecule has 1 heteroatoms.